The third-order valence-electron chi connectivity index (χ3n) is 7.95. The first kappa shape index (κ1) is 14.6. The van der Waals surface area contributed by atoms with Crippen LogP contribution in [-0.2, 0) is 0 Å². The van der Waals surface area contributed by atoms with Gasteiger partial charge in [0.2, 0.25) is 0 Å². The maximum absolute atomic E-state index is 2.05. The van der Waals surface area contributed by atoms with Crippen LogP contribution in [0.25, 0.3) is 0 Å². The van der Waals surface area contributed by atoms with Gasteiger partial charge in [0, 0.05) is 0 Å². The minimum atomic E-state index is 0.755. The number of hydrogen-bond acceptors (Lipinski definition) is 0. The van der Waals surface area contributed by atoms with Crippen molar-refractivity contribution in [1.29, 1.82) is 0 Å². The predicted molar refractivity (Wildman–Crippen MR) is 90.0 cm³/mol. The molecule has 21 heavy (non-hydrogen) atoms. The van der Waals surface area contributed by atoms with E-state index in [2.05, 4.69) is 0 Å². The van der Waals surface area contributed by atoms with Crippen molar-refractivity contribution in [3.05, 3.63) is 5.92 Å². The van der Waals surface area contributed by atoms with Crippen molar-refractivity contribution in [2.75, 3.05) is 0 Å². The van der Waals surface area contributed by atoms with Crippen LogP contribution in [0.15, 0.2) is 0 Å². The first-order chi connectivity index (χ1) is 10.4. The third kappa shape index (κ3) is 2.93. The zero-order chi connectivity index (χ0) is 14.1. The fraction of sp³-hybridized carbons (Fsp3) is 0.952. The van der Waals surface area contributed by atoms with E-state index in [1.54, 1.807) is 89.9 Å². The van der Waals surface area contributed by atoms with Crippen LogP contribution in [0.3, 0.4) is 0 Å². The standard InChI is InChI=1S/C21H35/c1-5-18-10-12-19(13-11-18)20(9-1)21-14-2-6-17(7-3-15-21)8-4-16-21/h17-18,20H,1-16H2. The van der Waals surface area contributed by atoms with Crippen LogP contribution < -0.4 is 0 Å². The Morgan fingerprint density at radius 1 is 0.571 bits per heavy atom. The summed E-state index contributed by atoms with van der Waals surface area (Å²) >= 11 is 0. The lowest BCUT2D eigenvalue weighted by Gasteiger charge is -2.51. The van der Waals surface area contributed by atoms with E-state index in [-0.39, 0.29) is 0 Å². The van der Waals surface area contributed by atoms with E-state index in [4.69, 9.17) is 0 Å². The molecule has 4 bridgehead atoms. The molecule has 6 aliphatic carbocycles. The topological polar surface area (TPSA) is 0 Å². The Bertz CT molecular complexity index is 307. The largest absolute Gasteiger partial charge is 0.0527 e. The number of hydrogen-bond donors (Lipinski definition) is 0. The van der Waals surface area contributed by atoms with Crippen molar-refractivity contribution in [2.45, 2.75) is 103 Å². The van der Waals surface area contributed by atoms with Crippen LogP contribution in [0.1, 0.15) is 103 Å². The van der Waals surface area contributed by atoms with Crippen LogP contribution in [0.2, 0.25) is 0 Å². The summed E-state index contributed by atoms with van der Waals surface area (Å²) in [6.45, 7) is 0. The van der Waals surface area contributed by atoms with Gasteiger partial charge >= 0.3 is 0 Å². The molecule has 6 aliphatic rings. The van der Waals surface area contributed by atoms with Gasteiger partial charge in [-0.2, -0.15) is 0 Å². The van der Waals surface area contributed by atoms with Gasteiger partial charge in [0.1, 0.15) is 0 Å². The van der Waals surface area contributed by atoms with Crippen LogP contribution in [0.4, 0.5) is 0 Å². The molecule has 0 amide bonds. The highest BCUT2D eigenvalue weighted by atomic mass is 14.5. The van der Waals surface area contributed by atoms with E-state index >= 15 is 0 Å². The molecule has 6 rings (SSSR count). The second-order valence-electron chi connectivity index (χ2n) is 8.99. The highest BCUT2D eigenvalue weighted by Crippen LogP contribution is 2.56. The number of rotatable bonds is 1. The average molecular weight is 288 g/mol. The summed E-state index contributed by atoms with van der Waals surface area (Å²) in [5.74, 6) is 5.28. The molecule has 1 unspecified atom stereocenters. The molecule has 119 valence electrons. The van der Waals surface area contributed by atoms with E-state index in [9.17, 15) is 0 Å². The Balaban J connectivity index is 1.57. The molecule has 0 aromatic heterocycles. The molecular weight excluding hydrogens is 252 g/mol. The second kappa shape index (κ2) is 6.25. The van der Waals surface area contributed by atoms with Crippen molar-refractivity contribution >= 4 is 0 Å². The van der Waals surface area contributed by atoms with E-state index in [0.717, 1.165) is 23.2 Å². The molecule has 0 heterocycles. The zero-order valence-corrected chi connectivity index (χ0v) is 14.0. The Morgan fingerprint density at radius 3 is 1.71 bits per heavy atom. The molecule has 6 saturated carbocycles. The summed E-state index contributed by atoms with van der Waals surface area (Å²) in [4.78, 5) is 0. The molecule has 0 N–H and O–H groups in total. The fourth-order valence-corrected chi connectivity index (χ4v) is 6.80. The lowest BCUT2D eigenvalue weighted by molar-refractivity contribution is 0.0498. The minimum Gasteiger partial charge on any atom is -0.0527 e. The Morgan fingerprint density at radius 2 is 1.10 bits per heavy atom. The van der Waals surface area contributed by atoms with E-state index in [0.29, 0.717) is 0 Å². The lowest BCUT2D eigenvalue weighted by atomic mass is 9.54. The summed E-state index contributed by atoms with van der Waals surface area (Å²) in [6, 6.07) is 0. The maximum atomic E-state index is 2.05. The average Bonchev–Trinajstić information content (AvgIpc) is 2.39. The van der Waals surface area contributed by atoms with Crippen LogP contribution in [0, 0.1) is 29.1 Å². The van der Waals surface area contributed by atoms with Gasteiger partial charge in [-0.15, -0.1) is 0 Å². The number of fused-ring (bicyclic) bond motifs is 11. The highest BCUT2D eigenvalue weighted by Gasteiger charge is 2.45. The van der Waals surface area contributed by atoms with Crippen LogP contribution >= 0.6 is 0 Å². The Kier molecular flexibility index (Phi) is 4.34. The molecule has 0 spiro atoms. The van der Waals surface area contributed by atoms with Crippen LogP contribution in [0.5, 0.6) is 0 Å². The quantitative estimate of drug-likeness (QED) is 0.504. The van der Waals surface area contributed by atoms with Gasteiger partial charge in [-0.1, -0.05) is 51.4 Å². The Labute approximate surface area is 132 Å². The van der Waals surface area contributed by atoms with Crippen molar-refractivity contribution in [3.63, 3.8) is 0 Å². The second-order valence-corrected chi connectivity index (χ2v) is 8.99. The van der Waals surface area contributed by atoms with Crippen molar-refractivity contribution < 1.29 is 0 Å². The van der Waals surface area contributed by atoms with E-state index in [1.807, 2.05) is 5.92 Å². The Hall–Kier alpha value is 0. The highest BCUT2D eigenvalue weighted by molar-refractivity contribution is 5.08. The third-order valence-corrected chi connectivity index (χ3v) is 7.95. The van der Waals surface area contributed by atoms with Crippen LogP contribution in [-0.4, -0.2) is 0 Å². The van der Waals surface area contributed by atoms with E-state index in [1.165, 1.54) is 12.8 Å². The molecule has 0 nitrogen and oxygen atoms in total. The predicted octanol–water partition coefficient (Wildman–Crippen LogP) is 6.69. The summed E-state index contributed by atoms with van der Waals surface area (Å²) in [6.07, 6.45) is 24.9. The molecule has 0 aromatic rings. The van der Waals surface area contributed by atoms with Crippen molar-refractivity contribution in [1.82, 2.24) is 0 Å². The van der Waals surface area contributed by atoms with Gasteiger partial charge in [0.05, 0.1) is 0 Å². The molecule has 1 atom stereocenters. The lowest BCUT2D eigenvalue weighted by Crippen LogP contribution is -2.39. The molecule has 0 aliphatic heterocycles. The maximum Gasteiger partial charge on any atom is -0.0204 e. The van der Waals surface area contributed by atoms with Gasteiger partial charge in [-0.05, 0) is 80.5 Å². The van der Waals surface area contributed by atoms with E-state index < -0.39 is 0 Å². The first-order valence-electron chi connectivity index (χ1n) is 10.2. The first-order valence-corrected chi connectivity index (χ1v) is 10.2. The summed E-state index contributed by atoms with van der Waals surface area (Å²) < 4.78 is 0. The van der Waals surface area contributed by atoms with Gasteiger partial charge in [0.15, 0.2) is 0 Å². The normalized spacial score (nSPS) is 45.4. The molecule has 0 saturated heterocycles. The monoisotopic (exact) mass is 287 g/mol. The molecule has 0 aromatic carbocycles. The minimum absolute atomic E-state index is 0.755. The molecule has 0 heteroatoms. The molecule has 1 radical (unpaired) electrons. The molecule has 6 fully saturated rings. The van der Waals surface area contributed by atoms with Crippen molar-refractivity contribution in [2.24, 2.45) is 23.2 Å². The summed E-state index contributed by atoms with van der Waals surface area (Å²) in [5.41, 5.74) is 0.755. The van der Waals surface area contributed by atoms with Gasteiger partial charge < -0.3 is 0 Å². The van der Waals surface area contributed by atoms with Crippen molar-refractivity contribution in [3.8, 4) is 0 Å². The summed E-state index contributed by atoms with van der Waals surface area (Å²) in [5, 5.41) is 0. The fourth-order valence-electron chi connectivity index (χ4n) is 6.80. The van der Waals surface area contributed by atoms with Gasteiger partial charge in [-0.25, -0.2) is 0 Å². The van der Waals surface area contributed by atoms with Gasteiger partial charge in [0.25, 0.3) is 0 Å². The zero-order valence-electron chi connectivity index (χ0n) is 14.0. The smallest absolute Gasteiger partial charge is 0.0204 e. The molecular formula is C21H35. The SMILES string of the molecule is C1CC2CC[C](CC2)C(C23CCCC(CCC2)CCC3)C1. The van der Waals surface area contributed by atoms with Gasteiger partial charge in [-0.3, -0.25) is 0 Å². The summed E-state index contributed by atoms with van der Waals surface area (Å²) in [7, 11) is 0.